The van der Waals surface area contributed by atoms with E-state index in [2.05, 4.69) is 10.4 Å². The number of carbonyl (C=O) groups is 2. The highest BCUT2D eigenvalue weighted by Gasteiger charge is 2.23. The summed E-state index contributed by atoms with van der Waals surface area (Å²) in [5.74, 6) is -3.18. The van der Waals surface area contributed by atoms with E-state index in [1.54, 1.807) is 31.2 Å². The van der Waals surface area contributed by atoms with Gasteiger partial charge in [-0.2, -0.15) is 5.10 Å². The van der Waals surface area contributed by atoms with E-state index in [-0.39, 0.29) is 17.8 Å². The molecular formula is C20H18F2N4O3. The van der Waals surface area contributed by atoms with Gasteiger partial charge in [0.1, 0.15) is 23.9 Å². The van der Waals surface area contributed by atoms with E-state index >= 15 is 0 Å². The summed E-state index contributed by atoms with van der Waals surface area (Å²) in [4.78, 5) is 38.7. The number of rotatable bonds is 5. The number of amides is 2. The summed E-state index contributed by atoms with van der Waals surface area (Å²) in [7, 11) is 1.43. The zero-order chi connectivity index (χ0) is 21.1. The van der Waals surface area contributed by atoms with Crippen molar-refractivity contribution in [3.8, 4) is 0 Å². The summed E-state index contributed by atoms with van der Waals surface area (Å²) >= 11 is 0. The Morgan fingerprint density at radius 1 is 1.07 bits per heavy atom. The number of hydrogen-bond donors (Lipinski definition) is 1. The molecule has 9 heteroatoms. The maximum Gasteiger partial charge on any atom is 0.275 e. The second kappa shape index (κ2) is 8.17. The summed E-state index contributed by atoms with van der Waals surface area (Å²) < 4.78 is 28.5. The molecule has 2 aromatic carbocycles. The van der Waals surface area contributed by atoms with Crippen LogP contribution in [0, 0.1) is 11.6 Å². The third kappa shape index (κ3) is 3.98. The normalized spacial score (nSPS) is 10.8. The number of aryl methyl sites for hydroxylation is 1. The molecule has 0 aliphatic rings. The molecule has 0 aliphatic heterocycles. The third-order valence-corrected chi connectivity index (χ3v) is 4.39. The van der Waals surface area contributed by atoms with Gasteiger partial charge >= 0.3 is 0 Å². The predicted molar refractivity (Wildman–Crippen MR) is 104 cm³/mol. The van der Waals surface area contributed by atoms with Crippen molar-refractivity contribution >= 4 is 28.3 Å². The predicted octanol–water partition coefficient (Wildman–Crippen LogP) is 2.31. The molecule has 150 valence electrons. The topological polar surface area (TPSA) is 84.3 Å². The lowest BCUT2D eigenvalue weighted by atomic mass is 10.1. The van der Waals surface area contributed by atoms with E-state index < -0.39 is 35.7 Å². The van der Waals surface area contributed by atoms with Crippen LogP contribution < -0.4 is 10.9 Å². The molecule has 1 heterocycles. The van der Waals surface area contributed by atoms with Crippen molar-refractivity contribution in [2.24, 2.45) is 7.05 Å². The van der Waals surface area contributed by atoms with Crippen molar-refractivity contribution in [1.29, 1.82) is 0 Å². The Hall–Kier alpha value is -3.62. The summed E-state index contributed by atoms with van der Waals surface area (Å²) in [6.45, 7) is 1.35. The minimum atomic E-state index is -0.918. The number of nitrogens with zero attached hydrogens (tertiary/aromatic N) is 3. The van der Waals surface area contributed by atoms with Crippen LogP contribution in [-0.4, -0.2) is 39.6 Å². The molecule has 29 heavy (non-hydrogen) atoms. The molecule has 0 fully saturated rings. The number of para-hydroxylation sites is 1. The Labute approximate surface area is 164 Å². The van der Waals surface area contributed by atoms with E-state index in [1.807, 2.05) is 0 Å². The standard InChI is InChI=1S/C20H18F2N4O3/c1-3-26(11-16(27)23-18-14(21)9-6-10-15(18)22)20(29)17-12-7-4-5-8-13(12)19(28)25(2)24-17/h4-10H,3,11H2,1-2H3,(H,23,27). The molecule has 0 radical (unpaired) electrons. The number of aromatic nitrogens is 2. The maximum atomic E-state index is 13.7. The fourth-order valence-electron chi connectivity index (χ4n) is 2.90. The van der Waals surface area contributed by atoms with Crippen molar-refractivity contribution in [2.45, 2.75) is 6.92 Å². The lowest BCUT2D eigenvalue weighted by Crippen LogP contribution is -2.39. The summed E-state index contributed by atoms with van der Waals surface area (Å²) in [6.07, 6.45) is 0. The summed E-state index contributed by atoms with van der Waals surface area (Å²) in [6, 6.07) is 9.73. The molecule has 0 aliphatic carbocycles. The second-order valence-corrected chi connectivity index (χ2v) is 6.29. The van der Waals surface area contributed by atoms with Gasteiger partial charge in [0.05, 0.1) is 5.39 Å². The molecule has 0 saturated carbocycles. The molecule has 1 N–H and O–H groups in total. The van der Waals surface area contributed by atoms with Crippen molar-refractivity contribution in [3.63, 3.8) is 0 Å². The minimum Gasteiger partial charge on any atom is -0.328 e. The molecule has 0 bridgehead atoms. The van der Waals surface area contributed by atoms with Gasteiger partial charge in [-0.15, -0.1) is 0 Å². The first-order chi connectivity index (χ1) is 13.8. The van der Waals surface area contributed by atoms with Gasteiger partial charge in [-0.1, -0.05) is 24.3 Å². The molecule has 0 spiro atoms. The number of nitrogens with one attached hydrogen (secondary N) is 1. The number of hydrogen-bond acceptors (Lipinski definition) is 4. The van der Waals surface area contributed by atoms with E-state index in [4.69, 9.17) is 0 Å². The van der Waals surface area contributed by atoms with Crippen molar-refractivity contribution in [2.75, 3.05) is 18.4 Å². The third-order valence-electron chi connectivity index (χ3n) is 4.39. The minimum absolute atomic E-state index is 0.00872. The van der Waals surface area contributed by atoms with Crippen LogP contribution >= 0.6 is 0 Å². The lowest BCUT2D eigenvalue weighted by molar-refractivity contribution is -0.116. The Morgan fingerprint density at radius 3 is 2.31 bits per heavy atom. The molecular weight excluding hydrogens is 382 g/mol. The van der Waals surface area contributed by atoms with Crippen LogP contribution in [0.25, 0.3) is 10.8 Å². The first-order valence-electron chi connectivity index (χ1n) is 8.82. The van der Waals surface area contributed by atoms with Crippen molar-refractivity contribution in [3.05, 3.63) is 70.1 Å². The number of halogens is 2. The van der Waals surface area contributed by atoms with E-state index in [1.165, 1.54) is 18.0 Å². The van der Waals surface area contributed by atoms with Gasteiger partial charge < -0.3 is 10.2 Å². The van der Waals surface area contributed by atoms with Gasteiger partial charge in [0, 0.05) is 19.0 Å². The molecule has 0 unspecified atom stereocenters. The Bertz CT molecular complexity index is 1140. The second-order valence-electron chi connectivity index (χ2n) is 6.29. The summed E-state index contributed by atoms with van der Waals surface area (Å²) in [5, 5.41) is 6.88. The first-order valence-corrected chi connectivity index (χ1v) is 8.82. The van der Waals surface area contributed by atoms with Crippen LogP contribution in [0.1, 0.15) is 17.4 Å². The fourth-order valence-corrected chi connectivity index (χ4v) is 2.90. The number of anilines is 1. The summed E-state index contributed by atoms with van der Waals surface area (Å²) in [5.41, 5.74) is -0.922. The van der Waals surface area contributed by atoms with Gasteiger partial charge in [0.15, 0.2) is 5.69 Å². The molecule has 2 amide bonds. The zero-order valence-electron chi connectivity index (χ0n) is 15.8. The SMILES string of the molecule is CCN(CC(=O)Nc1c(F)cccc1F)C(=O)c1nn(C)c(=O)c2ccccc12. The monoisotopic (exact) mass is 400 g/mol. The molecule has 3 rings (SSSR count). The van der Waals surface area contributed by atoms with Crippen LogP contribution in [0.4, 0.5) is 14.5 Å². The number of fused-ring (bicyclic) bond motifs is 1. The molecule has 0 atom stereocenters. The number of benzene rings is 2. The average Bonchev–Trinajstić information content (AvgIpc) is 2.71. The lowest BCUT2D eigenvalue weighted by Gasteiger charge is -2.21. The highest BCUT2D eigenvalue weighted by atomic mass is 19.1. The van der Waals surface area contributed by atoms with Gasteiger partial charge in [0.25, 0.3) is 11.5 Å². The smallest absolute Gasteiger partial charge is 0.275 e. The van der Waals surface area contributed by atoms with Crippen LogP contribution in [0.15, 0.2) is 47.3 Å². The van der Waals surface area contributed by atoms with E-state index in [0.29, 0.717) is 10.8 Å². The molecule has 1 aromatic heterocycles. The van der Waals surface area contributed by atoms with E-state index in [9.17, 15) is 23.2 Å². The Kier molecular flexibility index (Phi) is 5.67. The quantitative estimate of drug-likeness (QED) is 0.712. The van der Waals surface area contributed by atoms with Crippen molar-refractivity contribution in [1.82, 2.24) is 14.7 Å². The van der Waals surface area contributed by atoms with Gasteiger partial charge in [-0.3, -0.25) is 14.4 Å². The van der Waals surface area contributed by atoms with Gasteiger partial charge in [0.2, 0.25) is 5.91 Å². The van der Waals surface area contributed by atoms with Crippen LogP contribution in [-0.2, 0) is 11.8 Å². The molecule has 7 nitrogen and oxygen atoms in total. The number of carbonyl (C=O) groups excluding carboxylic acids is 2. The Morgan fingerprint density at radius 2 is 1.69 bits per heavy atom. The zero-order valence-corrected chi connectivity index (χ0v) is 15.8. The largest absolute Gasteiger partial charge is 0.328 e. The van der Waals surface area contributed by atoms with Crippen LogP contribution in [0.2, 0.25) is 0 Å². The van der Waals surface area contributed by atoms with Crippen LogP contribution in [0.5, 0.6) is 0 Å². The first kappa shape index (κ1) is 20.1. The van der Waals surface area contributed by atoms with Crippen molar-refractivity contribution < 1.29 is 18.4 Å². The number of likely N-dealkylation sites (N-methyl/N-ethyl adjacent to an activating group) is 1. The van der Waals surface area contributed by atoms with Crippen LogP contribution in [0.3, 0.4) is 0 Å². The average molecular weight is 400 g/mol. The molecule has 0 saturated heterocycles. The maximum absolute atomic E-state index is 13.7. The highest BCUT2D eigenvalue weighted by Crippen LogP contribution is 2.18. The van der Waals surface area contributed by atoms with E-state index in [0.717, 1.165) is 16.8 Å². The fraction of sp³-hybridized carbons (Fsp3) is 0.200. The highest BCUT2D eigenvalue weighted by molar-refractivity contribution is 6.06. The Balaban J connectivity index is 1.88. The van der Waals surface area contributed by atoms with Gasteiger partial charge in [-0.25, -0.2) is 13.5 Å². The van der Waals surface area contributed by atoms with Gasteiger partial charge in [-0.05, 0) is 25.1 Å². The molecule has 3 aromatic rings.